The van der Waals surface area contributed by atoms with Gasteiger partial charge in [0, 0.05) is 25.0 Å². The maximum absolute atomic E-state index is 12.8. The molecule has 32 heavy (non-hydrogen) atoms. The van der Waals surface area contributed by atoms with E-state index in [2.05, 4.69) is 36.1 Å². The monoisotopic (exact) mass is 436 g/mol. The molecule has 1 saturated heterocycles. The van der Waals surface area contributed by atoms with E-state index in [0.29, 0.717) is 19.2 Å². The largest absolute Gasteiger partial charge is 0.497 e. The highest BCUT2D eigenvalue weighted by atomic mass is 16.6. The van der Waals surface area contributed by atoms with Gasteiger partial charge >= 0.3 is 6.09 Å². The van der Waals surface area contributed by atoms with Crippen molar-refractivity contribution in [1.29, 1.82) is 0 Å². The van der Waals surface area contributed by atoms with Crippen LogP contribution in [0.3, 0.4) is 0 Å². The first-order chi connectivity index (χ1) is 15.2. The van der Waals surface area contributed by atoms with Gasteiger partial charge in [-0.15, -0.1) is 0 Å². The summed E-state index contributed by atoms with van der Waals surface area (Å²) in [5.74, 6) is 2.07. The van der Waals surface area contributed by atoms with E-state index in [1.54, 1.807) is 7.11 Å². The molecule has 0 saturated carbocycles. The predicted molar refractivity (Wildman–Crippen MR) is 125 cm³/mol. The Labute approximate surface area is 190 Å². The predicted octanol–water partition coefficient (Wildman–Crippen LogP) is 4.98. The van der Waals surface area contributed by atoms with Gasteiger partial charge in [0.2, 0.25) is 0 Å². The second-order valence-electron chi connectivity index (χ2n) is 10.0. The molecule has 6 heteroatoms. The minimum Gasteiger partial charge on any atom is -0.497 e. The highest BCUT2D eigenvalue weighted by Gasteiger charge is 2.46. The number of carbonyl (C=O) groups excluding carboxylic acids is 1. The third-order valence-corrected chi connectivity index (χ3v) is 6.75. The van der Waals surface area contributed by atoms with Gasteiger partial charge in [-0.1, -0.05) is 6.07 Å². The fraction of sp³-hybridized carbons (Fsp3) is 0.500. The number of nitrogens with zero attached hydrogens (tertiary/aromatic N) is 2. The van der Waals surface area contributed by atoms with Crippen molar-refractivity contribution in [2.45, 2.75) is 51.7 Å². The molecule has 0 radical (unpaired) electrons. The van der Waals surface area contributed by atoms with Crippen LogP contribution in [0.25, 0.3) is 11.1 Å². The molecule has 170 valence electrons. The third-order valence-electron chi connectivity index (χ3n) is 6.75. The van der Waals surface area contributed by atoms with Gasteiger partial charge in [0.25, 0.3) is 0 Å². The summed E-state index contributed by atoms with van der Waals surface area (Å²) in [5.41, 5.74) is 5.50. The molecule has 0 bridgehead atoms. The highest BCUT2D eigenvalue weighted by Crippen LogP contribution is 2.52. The number of methoxy groups -OCH3 is 1. The average molecular weight is 437 g/mol. The smallest absolute Gasteiger partial charge is 0.410 e. The molecule has 0 aromatic heterocycles. The number of amides is 1. The number of anilines is 1. The van der Waals surface area contributed by atoms with Crippen LogP contribution in [0.15, 0.2) is 30.3 Å². The SMILES string of the molecule is COc1ccc(-c2cc3c4c(c2)[C@@H]2CN(C(=O)OC(C)(C)C)CC[C@@H]2N4CCO3)c(C)c1. The lowest BCUT2D eigenvalue weighted by atomic mass is 9.87. The van der Waals surface area contributed by atoms with Crippen LogP contribution in [-0.4, -0.2) is 56.0 Å². The Bertz CT molecular complexity index is 1060. The number of ether oxygens (including phenoxy) is 3. The van der Waals surface area contributed by atoms with Crippen LogP contribution in [0.1, 0.15) is 44.2 Å². The molecule has 0 unspecified atom stereocenters. The van der Waals surface area contributed by atoms with E-state index < -0.39 is 5.60 Å². The minimum atomic E-state index is -0.490. The summed E-state index contributed by atoms with van der Waals surface area (Å²) in [5, 5.41) is 0. The summed E-state index contributed by atoms with van der Waals surface area (Å²) in [6, 6.07) is 11.1. The summed E-state index contributed by atoms with van der Waals surface area (Å²) < 4.78 is 17.2. The molecule has 2 atom stereocenters. The molecule has 1 fully saturated rings. The molecule has 5 rings (SSSR count). The Morgan fingerprint density at radius 1 is 1.16 bits per heavy atom. The van der Waals surface area contributed by atoms with Crippen molar-refractivity contribution in [2.24, 2.45) is 0 Å². The molecule has 2 aromatic rings. The fourth-order valence-corrected chi connectivity index (χ4v) is 5.38. The summed E-state index contributed by atoms with van der Waals surface area (Å²) in [4.78, 5) is 17.2. The summed E-state index contributed by atoms with van der Waals surface area (Å²) in [6.07, 6.45) is 0.721. The molecule has 3 heterocycles. The molecular weight excluding hydrogens is 404 g/mol. The van der Waals surface area contributed by atoms with Gasteiger partial charge in [-0.3, -0.25) is 0 Å². The number of piperidine rings is 1. The van der Waals surface area contributed by atoms with Gasteiger partial charge in [0.1, 0.15) is 23.7 Å². The molecule has 3 aliphatic rings. The topological polar surface area (TPSA) is 51.2 Å². The van der Waals surface area contributed by atoms with Gasteiger partial charge in [-0.25, -0.2) is 4.79 Å². The first kappa shape index (κ1) is 21.0. The molecule has 3 aliphatic heterocycles. The van der Waals surface area contributed by atoms with Crippen LogP contribution in [0.4, 0.5) is 10.5 Å². The van der Waals surface area contributed by atoms with E-state index in [4.69, 9.17) is 14.2 Å². The van der Waals surface area contributed by atoms with Crippen molar-refractivity contribution in [2.75, 3.05) is 38.3 Å². The normalized spacial score (nSPS) is 21.5. The quantitative estimate of drug-likeness (QED) is 0.665. The van der Waals surface area contributed by atoms with E-state index >= 15 is 0 Å². The number of carbonyl (C=O) groups is 1. The second-order valence-corrected chi connectivity index (χ2v) is 10.0. The molecule has 6 nitrogen and oxygen atoms in total. The average Bonchev–Trinajstić information content (AvgIpc) is 3.07. The van der Waals surface area contributed by atoms with E-state index in [1.807, 2.05) is 31.7 Å². The van der Waals surface area contributed by atoms with Crippen molar-refractivity contribution in [3.05, 3.63) is 41.5 Å². The van der Waals surface area contributed by atoms with Crippen LogP contribution in [-0.2, 0) is 4.74 Å². The van der Waals surface area contributed by atoms with E-state index in [1.165, 1.54) is 16.8 Å². The first-order valence-corrected chi connectivity index (χ1v) is 11.5. The number of likely N-dealkylation sites (tertiary alicyclic amines) is 1. The number of aryl methyl sites for hydroxylation is 1. The lowest BCUT2D eigenvalue weighted by Gasteiger charge is -2.40. The van der Waals surface area contributed by atoms with Crippen LogP contribution >= 0.6 is 0 Å². The number of rotatable bonds is 2. The van der Waals surface area contributed by atoms with Crippen molar-refractivity contribution in [3.8, 4) is 22.6 Å². The number of hydrogen-bond donors (Lipinski definition) is 0. The first-order valence-electron chi connectivity index (χ1n) is 11.5. The van der Waals surface area contributed by atoms with Crippen molar-refractivity contribution >= 4 is 11.8 Å². The standard InChI is InChI=1S/C26H32N2O4/c1-16-12-18(30-5)6-7-19(16)17-13-20-21-15-27(25(29)32-26(2,3)4)9-8-22(21)28-10-11-31-23(14-17)24(20)28/h6-7,12-14,21-22H,8-11,15H2,1-5H3/t21-,22-/m0/s1. The van der Waals surface area contributed by atoms with Gasteiger partial charge in [-0.05, 0) is 80.6 Å². The fourth-order valence-electron chi connectivity index (χ4n) is 5.38. The molecule has 0 N–H and O–H groups in total. The number of hydrogen-bond acceptors (Lipinski definition) is 5. The third kappa shape index (κ3) is 3.55. The minimum absolute atomic E-state index is 0.218. The zero-order valence-electron chi connectivity index (χ0n) is 19.6. The van der Waals surface area contributed by atoms with Gasteiger partial charge in [0.15, 0.2) is 0 Å². The second kappa shape index (κ2) is 7.61. The lowest BCUT2D eigenvalue weighted by molar-refractivity contribution is 0.0188. The number of fused-ring (bicyclic) bond motifs is 3. The number of benzene rings is 2. The Morgan fingerprint density at radius 3 is 2.69 bits per heavy atom. The zero-order valence-corrected chi connectivity index (χ0v) is 19.6. The van der Waals surface area contributed by atoms with Crippen LogP contribution < -0.4 is 14.4 Å². The van der Waals surface area contributed by atoms with Crippen molar-refractivity contribution in [1.82, 2.24) is 4.90 Å². The zero-order chi connectivity index (χ0) is 22.6. The van der Waals surface area contributed by atoms with E-state index in [9.17, 15) is 4.79 Å². The summed E-state index contributed by atoms with van der Waals surface area (Å²) in [6.45, 7) is 10.8. The summed E-state index contributed by atoms with van der Waals surface area (Å²) in [7, 11) is 1.69. The molecule has 1 amide bonds. The van der Waals surface area contributed by atoms with Gasteiger partial charge < -0.3 is 24.0 Å². The van der Waals surface area contributed by atoms with Crippen molar-refractivity contribution in [3.63, 3.8) is 0 Å². The molecule has 0 aliphatic carbocycles. The van der Waals surface area contributed by atoms with E-state index in [0.717, 1.165) is 42.1 Å². The van der Waals surface area contributed by atoms with Crippen LogP contribution in [0.5, 0.6) is 11.5 Å². The molecular formula is C26H32N2O4. The Balaban J connectivity index is 1.52. The maximum Gasteiger partial charge on any atom is 0.410 e. The van der Waals surface area contributed by atoms with Crippen molar-refractivity contribution < 1.29 is 19.0 Å². The van der Waals surface area contributed by atoms with Crippen LogP contribution in [0, 0.1) is 6.92 Å². The Hall–Kier alpha value is -2.89. The van der Waals surface area contributed by atoms with Gasteiger partial charge in [-0.2, -0.15) is 0 Å². The van der Waals surface area contributed by atoms with Crippen LogP contribution in [0.2, 0.25) is 0 Å². The van der Waals surface area contributed by atoms with Gasteiger partial charge in [0.05, 0.1) is 19.3 Å². The van der Waals surface area contributed by atoms with E-state index in [-0.39, 0.29) is 12.0 Å². The highest BCUT2D eigenvalue weighted by molar-refractivity contribution is 5.80. The Morgan fingerprint density at radius 2 is 1.97 bits per heavy atom. The lowest BCUT2D eigenvalue weighted by Crippen LogP contribution is -2.50. The molecule has 2 aromatic carbocycles. The molecule has 0 spiro atoms. The Kier molecular flexibility index (Phi) is 4.99. The maximum atomic E-state index is 12.8. The summed E-state index contributed by atoms with van der Waals surface area (Å²) >= 11 is 0.